The molecule has 5 nitrogen and oxygen atoms in total. The molecule has 1 aliphatic heterocycles. The Kier molecular flexibility index (Phi) is 10.0. The van der Waals surface area contributed by atoms with Gasteiger partial charge < -0.3 is 14.8 Å². The van der Waals surface area contributed by atoms with Gasteiger partial charge in [-0.15, -0.1) is 24.8 Å². The first-order valence-corrected chi connectivity index (χ1v) is 9.70. The molecule has 0 bridgehead atoms. The Labute approximate surface area is 180 Å². The molecule has 1 N–H and O–H groups in total. The lowest BCUT2D eigenvalue weighted by molar-refractivity contribution is 0.0642. The van der Waals surface area contributed by atoms with Crippen LogP contribution in [0.25, 0.3) is 0 Å². The fourth-order valence-corrected chi connectivity index (χ4v) is 3.88. The van der Waals surface area contributed by atoms with E-state index in [0.29, 0.717) is 12.6 Å². The predicted molar refractivity (Wildman–Crippen MR) is 119 cm³/mol. The molecule has 28 heavy (non-hydrogen) atoms. The summed E-state index contributed by atoms with van der Waals surface area (Å²) in [4.78, 5) is 19.9. The van der Waals surface area contributed by atoms with Gasteiger partial charge in [0.1, 0.15) is 0 Å². The number of carbonyl (C=O) groups is 1. The molecule has 2 aromatic rings. The lowest BCUT2D eigenvalue weighted by Crippen LogP contribution is -2.46. The van der Waals surface area contributed by atoms with E-state index < -0.39 is 0 Å². The molecule has 0 unspecified atom stereocenters. The molecule has 0 atom stereocenters. The van der Waals surface area contributed by atoms with Crippen molar-refractivity contribution in [2.24, 2.45) is 0 Å². The van der Waals surface area contributed by atoms with Crippen LogP contribution in [0.4, 0.5) is 0 Å². The van der Waals surface area contributed by atoms with Crippen LogP contribution in [0.5, 0.6) is 0 Å². The minimum Gasteiger partial charge on any atom is -0.342 e. The van der Waals surface area contributed by atoms with Gasteiger partial charge in [0.15, 0.2) is 0 Å². The molecule has 156 valence electrons. The maximum Gasteiger partial charge on any atom is 0.255 e. The van der Waals surface area contributed by atoms with Gasteiger partial charge in [-0.2, -0.15) is 0 Å². The van der Waals surface area contributed by atoms with E-state index in [1.165, 1.54) is 0 Å². The summed E-state index contributed by atoms with van der Waals surface area (Å²) in [5.74, 6) is 0.180. The number of piperidine rings is 1. The van der Waals surface area contributed by atoms with Crippen molar-refractivity contribution in [1.82, 2.24) is 19.8 Å². The van der Waals surface area contributed by atoms with Gasteiger partial charge in [-0.1, -0.05) is 13.0 Å². The molecule has 0 spiro atoms. The van der Waals surface area contributed by atoms with Crippen LogP contribution in [0.2, 0.25) is 0 Å². The van der Waals surface area contributed by atoms with Crippen molar-refractivity contribution < 1.29 is 4.79 Å². The van der Waals surface area contributed by atoms with Crippen LogP contribution in [0.1, 0.15) is 53.6 Å². The lowest BCUT2D eigenvalue weighted by Gasteiger charge is -2.34. The zero-order valence-corrected chi connectivity index (χ0v) is 18.6. The summed E-state index contributed by atoms with van der Waals surface area (Å²) >= 11 is 0. The van der Waals surface area contributed by atoms with Crippen LogP contribution in [-0.4, -0.2) is 46.0 Å². The number of hydrogen-bond acceptors (Lipinski definition) is 3. The molecular formula is C21H32Cl2N4O. The van der Waals surface area contributed by atoms with Gasteiger partial charge in [0.05, 0.1) is 17.8 Å². The molecule has 3 heterocycles. The maximum absolute atomic E-state index is 13.3. The Morgan fingerprint density at radius 1 is 1.25 bits per heavy atom. The Balaban J connectivity index is 0.00000196. The fraction of sp³-hybridized carbons (Fsp3) is 0.524. The van der Waals surface area contributed by atoms with Crippen LogP contribution in [-0.2, 0) is 6.54 Å². The zero-order valence-electron chi connectivity index (χ0n) is 17.0. The Morgan fingerprint density at radius 2 is 1.96 bits per heavy atom. The first kappa shape index (κ1) is 24.5. The van der Waals surface area contributed by atoms with E-state index in [4.69, 9.17) is 0 Å². The van der Waals surface area contributed by atoms with E-state index in [9.17, 15) is 4.79 Å². The van der Waals surface area contributed by atoms with E-state index >= 15 is 0 Å². The van der Waals surface area contributed by atoms with Crippen LogP contribution in [0, 0.1) is 13.8 Å². The highest BCUT2D eigenvalue weighted by molar-refractivity contribution is 5.96. The maximum atomic E-state index is 13.3. The zero-order chi connectivity index (χ0) is 18.5. The molecule has 2 aromatic heterocycles. The van der Waals surface area contributed by atoms with Crippen molar-refractivity contribution in [3.05, 3.63) is 53.1 Å². The Bertz CT molecular complexity index is 742. The third kappa shape index (κ3) is 5.49. The van der Waals surface area contributed by atoms with E-state index in [1.54, 1.807) is 0 Å². The first-order chi connectivity index (χ1) is 12.6. The molecule has 1 aliphatic rings. The second-order valence-electron chi connectivity index (χ2n) is 7.17. The van der Waals surface area contributed by atoms with Crippen LogP contribution in [0.3, 0.4) is 0 Å². The smallest absolute Gasteiger partial charge is 0.255 e. The third-order valence-corrected chi connectivity index (χ3v) is 5.33. The number of nitrogens with zero attached hydrogens (tertiary/aromatic N) is 3. The predicted octanol–water partition coefficient (Wildman–Crippen LogP) is 4.00. The summed E-state index contributed by atoms with van der Waals surface area (Å²) in [6, 6.07) is 8.35. The van der Waals surface area contributed by atoms with Gasteiger partial charge >= 0.3 is 0 Å². The largest absolute Gasteiger partial charge is 0.342 e. The summed E-state index contributed by atoms with van der Waals surface area (Å²) < 4.78 is 2.20. The van der Waals surface area contributed by atoms with Crippen LogP contribution < -0.4 is 5.32 Å². The summed E-state index contributed by atoms with van der Waals surface area (Å²) in [5.41, 5.74) is 3.99. The van der Waals surface area contributed by atoms with Crippen molar-refractivity contribution in [2.75, 3.05) is 19.6 Å². The third-order valence-electron chi connectivity index (χ3n) is 5.33. The minimum atomic E-state index is 0. The number of amides is 1. The highest BCUT2D eigenvalue weighted by Gasteiger charge is 2.28. The van der Waals surface area contributed by atoms with Gasteiger partial charge in [0, 0.05) is 30.2 Å². The SMILES string of the molecule is CCCN(C(=O)c1cc(C)n(Cc2ccccn2)c1C)C1CCNCC1.Cl.Cl. The minimum absolute atomic E-state index is 0. The molecule has 0 aliphatic carbocycles. The van der Waals surface area contributed by atoms with Crippen LogP contribution >= 0.6 is 24.8 Å². The molecular weight excluding hydrogens is 395 g/mol. The van der Waals surface area contributed by atoms with E-state index in [0.717, 1.165) is 61.5 Å². The summed E-state index contributed by atoms with van der Waals surface area (Å²) in [6.45, 7) is 9.79. The van der Waals surface area contributed by atoms with Gasteiger partial charge in [-0.05, 0) is 64.4 Å². The van der Waals surface area contributed by atoms with E-state index in [2.05, 4.69) is 40.5 Å². The highest BCUT2D eigenvalue weighted by atomic mass is 35.5. The second-order valence-corrected chi connectivity index (χ2v) is 7.17. The number of halogens is 2. The molecule has 1 amide bonds. The summed E-state index contributed by atoms with van der Waals surface area (Å²) in [7, 11) is 0. The van der Waals surface area contributed by atoms with Gasteiger partial charge in [0.2, 0.25) is 0 Å². The average molecular weight is 427 g/mol. The second kappa shape index (κ2) is 11.4. The monoisotopic (exact) mass is 426 g/mol. The first-order valence-electron chi connectivity index (χ1n) is 9.70. The number of nitrogens with one attached hydrogen (secondary N) is 1. The molecule has 0 aromatic carbocycles. The quantitative estimate of drug-likeness (QED) is 0.759. The van der Waals surface area contributed by atoms with Crippen molar-refractivity contribution in [3.63, 3.8) is 0 Å². The molecule has 1 saturated heterocycles. The topological polar surface area (TPSA) is 50.2 Å². The molecule has 1 fully saturated rings. The number of aryl methyl sites for hydroxylation is 1. The number of aromatic nitrogens is 2. The molecule has 7 heteroatoms. The van der Waals surface area contributed by atoms with Crippen LogP contribution in [0.15, 0.2) is 30.5 Å². The van der Waals surface area contributed by atoms with Gasteiger partial charge in [-0.25, -0.2) is 0 Å². The van der Waals surface area contributed by atoms with Crippen molar-refractivity contribution in [3.8, 4) is 0 Å². The van der Waals surface area contributed by atoms with E-state index in [1.807, 2.05) is 30.5 Å². The van der Waals surface area contributed by atoms with Crippen molar-refractivity contribution in [2.45, 2.75) is 52.6 Å². The summed E-state index contributed by atoms with van der Waals surface area (Å²) in [5, 5.41) is 3.39. The van der Waals surface area contributed by atoms with Gasteiger partial charge in [-0.3, -0.25) is 9.78 Å². The lowest BCUT2D eigenvalue weighted by atomic mass is 10.0. The Morgan fingerprint density at radius 3 is 2.57 bits per heavy atom. The molecule has 0 saturated carbocycles. The normalized spacial score (nSPS) is 14.1. The number of pyridine rings is 1. The summed E-state index contributed by atoms with van der Waals surface area (Å²) in [6.07, 6.45) is 4.88. The average Bonchev–Trinajstić information content (AvgIpc) is 2.95. The van der Waals surface area contributed by atoms with Crippen molar-refractivity contribution in [1.29, 1.82) is 0 Å². The standard InChI is InChI=1S/C21H30N4O.2ClH/c1-4-13-24(19-8-11-22-12-9-19)21(26)20-14-16(2)25(17(20)3)15-18-7-5-6-10-23-18;;/h5-7,10,14,19,22H,4,8-9,11-13,15H2,1-3H3;2*1H. The highest BCUT2D eigenvalue weighted by Crippen LogP contribution is 2.22. The number of rotatable bonds is 6. The Hall–Kier alpha value is -1.56. The van der Waals surface area contributed by atoms with Gasteiger partial charge in [0.25, 0.3) is 5.91 Å². The van der Waals surface area contributed by atoms with E-state index in [-0.39, 0.29) is 30.7 Å². The number of carbonyl (C=O) groups excluding carboxylic acids is 1. The fourth-order valence-electron chi connectivity index (χ4n) is 3.88. The molecule has 3 rings (SSSR count). The number of hydrogen-bond donors (Lipinski definition) is 1. The molecule has 0 radical (unpaired) electrons. The van der Waals surface area contributed by atoms with Crippen molar-refractivity contribution >= 4 is 30.7 Å².